The summed E-state index contributed by atoms with van der Waals surface area (Å²) in [5, 5.41) is 7.61. The molecular formula is C16H17ClN4O2. The van der Waals surface area contributed by atoms with E-state index in [1.165, 1.54) is 0 Å². The molecule has 4 rings (SSSR count). The minimum absolute atomic E-state index is 0.0712. The first-order valence-corrected chi connectivity index (χ1v) is 8.17. The third kappa shape index (κ3) is 3.17. The summed E-state index contributed by atoms with van der Waals surface area (Å²) < 4.78 is 5.31. The number of halogens is 1. The Hall–Kier alpha value is -2.08. The lowest BCUT2D eigenvalue weighted by molar-refractivity contribution is 0.136. The van der Waals surface area contributed by atoms with Crippen LogP contribution in [-0.2, 0) is 6.54 Å². The van der Waals surface area contributed by atoms with Crippen LogP contribution in [0.3, 0.4) is 0 Å². The van der Waals surface area contributed by atoms with Crippen molar-refractivity contribution in [3.05, 3.63) is 46.6 Å². The Balaban J connectivity index is 1.25. The van der Waals surface area contributed by atoms with Gasteiger partial charge in [0.25, 0.3) is 0 Å². The highest BCUT2D eigenvalue weighted by molar-refractivity contribution is 6.30. The standard InChI is InChI=1S/C16H17ClN4O2/c17-13-5-1-10(2-6-13)7-18-16(22)21-8-12(9-21)15-19-14(20-23-15)11-3-4-11/h1-2,5-6,11-12H,3-4,7-9H2,(H,18,22). The first kappa shape index (κ1) is 14.5. The van der Waals surface area contributed by atoms with Gasteiger partial charge >= 0.3 is 6.03 Å². The number of aromatic nitrogens is 2. The minimum Gasteiger partial charge on any atom is -0.339 e. The lowest BCUT2D eigenvalue weighted by Gasteiger charge is -2.36. The van der Waals surface area contributed by atoms with E-state index in [0.29, 0.717) is 36.5 Å². The van der Waals surface area contributed by atoms with Gasteiger partial charge in [-0.3, -0.25) is 0 Å². The summed E-state index contributed by atoms with van der Waals surface area (Å²) in [4.78, 5) is 18.3. The van der Waals surface area contributed by atoms with Crippen LogP contribution in [0.15, 0.2) is 28.8 Å². The summed E-state index contributed by atoms with van der Waals surface area (Å²) in [5.41, 5.74) is 1.02. The summed E-state index contributed by atoms with van der Waals surface area (Å²) >= 11 is 5.84. The number of benzene rings is 1. The molecule has 0 atom stereocenters. The molecule has 2 aliphatic rings. The molecule has 0 radical (unpaired) electrons. The highest BCUT2D eigenvalue weighted by Crippen LogP contribution is 2.39. The second kappa shape index (κ2) is 5.85. The van der Waals surface area contributed by atoms with E-state index < -0.39 is 0 Å². The molecule has 2 amide bonds. The maximum Gasteiger partial charge on any atom is 0.317 e. The minimum atomic E-state index is -0.0712. The Morgan fingerprint density at radius 3 is 2.70 bits per heavy atom. The van der Waals surface area contributed by atoms with Crippen molar-refractivity contribution in [1.29, 1.82) is 0 Å². The Morgan fingerprint density at radius 2 is 2.00 bits per heavy atom. The SMILES string of the molecule is O=C(NCc1ccc(Cl)cc1)N1CC(c2nc(C3CC3)no2)C1. The summed E-state index contributed by atoms with van der Waals surface area (Å²) in [6.45, 7) is 1.74. The predicted octanol–water partition coefficient (Wildman–Crippen LogP) is 2.91. The van der Waals surface area contributed by atoms with Crippen LogP contribution in [0.2, 0.25) is 5.02 Å². The average molecular weight is 333 g/mol. The van der Waals surface area contributed by atoms with Gasteiger partial charge in [0.15, 0.2) is 5.82 Å². The number of hydrogen-bond acceptors (Lipinski definition) is 4. The topological polar surface area (TPSA) is 71.3 Å². The van der Waals surface area contributed by atoms with Gasteiger partial charge in [0, 0.05) is 30.6 Å². The van der Waals surface area contributed by atoms with E-state index in [4.69, 9.17) is 16.1 Å². The fourth-order valence-electron chi connectivity index (χ4n) is 2.61. The molecule has 6 nitrogen and oxygen atoms in total. The molecule has 1 aliphatic heterocycles. The first-order valence-electron chi connectivity index (χ1n) is 7.80. The van der Waals surface area contributed by atoms with Crippen LogP contribution in [-0.4, -0.2) is 34.2 Å². The van der Waals surface area contributed by atoms with Gasteiger partial charge in [-0.25, -0.2) is 4.79 Å². The van der Waals surface area contributed by atoms with E-state index in [2.05, 4.69) is 15.5 Å². The molecule has 1 aromatic heterocycles. The van der Waals surface area contributed by atoms with E-state index in [0.717, 1.165) is 24.2 Å². The molecule has 2 heterocycles. The molecule has 7 heteroatoms. The molecule has 120 valence electrons. The van der Waals surface area contributed by atoms with Gasteiger partial charge in [0.2, 0.25) is 5.89 Å². The van der Waals surface area contributed by atoms with Crippen LogP contribution < -0.4 is 5.32 Å². The number of likely N-dealkylation sites (tertiary alicyclic amines) is 1. The van der Waals surface area contributed by atoms with Crippen molar-refractivity contribution in [1.82, 2.24) is 20.4 Å². The first-order chi connectivity index (χ1) is 11.2. The molecule has 1 aromatic carbocycles. The van der Waals surface area contributed by atoms with Gasteiger partial charge < -0.3 is 14.7 Å². The molecule has 1 N–H and O–H groups in total. The number of amides is 2. The van der Waals surface area contributed by atoms with Crippen LogP contribution in [0, 0.1) is 0 Å². The van der Waals surface area contributed by atoms with Gasteiger partial charge in [-0.15, -0.1) is 0 Å². The Bertz CT molecular complexity index is 705. The second-order valence-corrected chi connectivity index (χ2v) is 6.59. The number of nitrogens with zero attached hydrogens (tertiary/aromatic N) is 3. The smallest absolute Gasteiger partial charge is 0.317 e. The van der Waals surface area contributed by atoms with Crippen LogP contribution in [0.5, 0.6) is 0 Å². The summed E-state index contributed by atoms with van der Waals surface area (Å²) in [6.07, 6.45) is 2.31. The largest absolute Gasteiger partial charge is 0.339 e. The van der Waals surface area contributed by atoms with Gasteiger partial charge in [0.1, 0.15) is 0 Å². The molecule has 2 fully saturated rings. The quantitative estimate of drug-likeness (QED) is 0.934. The number of urea groups is 1. The molecular weight excluding hydrogens is 316 g/mol. The molecule has 0 bridgehead atoms. The fourth-order valence-corrected chi connectivity index (χ4v) is 2.74. The van der Waals surface area contributed by atoms with Crippen LogP contribution in [0.4, 0.5) is 4.79 Å². The van der Waals surface area contributed by atoms with E-state index in [9.17, 15) is 4.79 Å². The van der Waals surface area contributed by atoms with Crippen molar-refractivity contribution in [2.24, 2.45) is 0 Å². The van der Waals surface area contributed by atoms with E-state index in [-0.39, 0.29) is 11.9 Å². The molecule has 1 saturated heterocycles. The summed E-state index contributed by atoms with van der Waals surface area (Å²) in [6, 6.07) is 7.36. The van der Waals surface area contributed by atoms with Crippen molar-refractivity contribution >= 4 is 17.6 Å². The zero-order valence-electron chi connectivity index (χ0n) is 12.5. The second-order valence-electron chi connectivity index (χ2n) is 6.15. The zero-order chi connectivity index (χ0) is 15.8. The number of nitrogens with one attached hydrogen (secondary N) is 1. The number of hydrogen-bond donors (Lipinski definition) is 1. The van der Waals surface area contributed by atoms with Gasteiger partial charge in [-0.05, 0) is 30.5 Å². The number of carbonyl (C=O) groups excluding carboxylic acids is 1. The van der Waals surface area contributed by atoms with Crippen LogP contribution in [0.25, 0.3) is 0 Å². The monoisotopic (exact) mass is 332 g/mol. The lowest BCUT2D eigenvalue weighted by atomic mass is 10.0. The molecule has 23 heavy (non-hydrogen) atoms. The molecule has 1 aliphatic carbocycles. The van der Waals surface area contributed by atoms with Crippen molar-refractivity contribution in [2.75, 3.05) is 13.1 Å². The normalized spacial score (nSPS) is 17.9. The molecule has 2 aromatic rings. The van der Waals surface area contributed by atoms with E-state index in [1.807, 2.05) is 24.3 Å². The molecule has 0 unspecified atom stereocenters. The predicted molar refractivity (Wildman–Crippen MR) is 84.3 cm³/mol. The fraction of sp³-hybridized carbons (Fsp3) is 0.438. The third-order valence-corrected chi connectivity index (χ3v) is 4.53. The van der Waals surface area contributed by atoms with Crippen molar-refractivity contribution in [2.45, 2.75) is 31.2 Å². The summed E-state index contributed by atoms with van der Waals surface area (Å²) in [5.74, 6) is 2.14. The van der Waals surface area contributed by atoms with Gasteiger partial charge in [-0.2, -0.15) is 4.98 Å². The Morgan fingerprint density at radius 1 is 1.26 bits per heavy atom. The number of carbonyl (C=O) groups is 1. The van der Waals surface area contributed by atoms with Gasteiger partial charge in [0.05, 0.1) is 5.92 Å². The average Bonchev–Trinajstić information content (AvgIpc) is 3.25. The van der Waals surface area contributed by atoms with E-state index in [1.54, 1.807) is 4.90 Å². The van der Waals surface area contributed by atoms with Crippen LogP contribution in [0.1, 0.15) is 42.0 Å². The maximum atomic E-state index is 12.1. The van der Waals surface area contributed by atoms with Crippen molar-refractivity contribution in [3.63, 3.8) is 0 Å². The zero-order valence-corrected chi connectivity index (χ0v) is 13.3. The highest BCUT2D eigenvalue weighted by Gasteiger charge is 2.37. The summed E-state index contributed by atoms with van der Waals surface area (Å²) in [7, 11) is 0. The maximum absolute atomic E-state index is 12.1. The molecule has 0 spiro atoms. The molecule has 1 saturated carbocycles. The van der Waals surface area contributed by atoms with E-state index >= 15 is 0 Å². The van der Waals surface area contributed by atoms with Crippen LogP contribution >= 0.6 is 11.6 Å². The van der Waals surface area contributed by atoms with Crippen molar-refractivity contribution in [3.8, 4) is 0 Å². The third-order valence-electron chi connectivity index (χ3n) is 4.27. The lowest BCUT2D eigenvalue weighted by Crippen LogP contribution is -2.52. The highest BCUT2D eigenvalue weighted by atomic mass is 35.5. The Labute approximate surface area is 138 Å². The Kier molecular flexibility index (Phi) is 3.69. The van der Waals surface area contributed by atoms with Gasteiger partial charge in [-0.1, -0.05) is 28.9 Å². The number of rotatable bonds is 4. The van der Waals surface area contributed by atoms with Crippen molar-refractivity contribution < 1.29 is 9.32 Å².